The van der Waals surface area contributed by atoms with E-state index in [9.17, 15) is 25.3 Å². The number of anilines is 3. The maximum atomic E-state index is 13.5. The second-order valence-corrected chi connectivity index (χ2v) is 41.1. The predicted molar refractivity (Wildman–Crippen MR) is 346 cm³/mol. The Morgan fingerprint density at radius 1 is 0.621 bits per heavy atom. The maximum Gasteiger partial charge on any atom is 0.265 e. The van der Waals surface area contributed by atoms with Crippen molar-refractivity contribution in [3.63, 3.8) is 0 Å². The first-order valence-electron chi connectivity index (χ1n) is 25.9. The summed E-state index contributed by atoms with van der Waals surface area (Å²) in [6, 6.07) is 25.4. The lowest BCUT2D eigenvalue weighted by molar-refractivity contribution is 0.0845. The van der Waals surface area contributed by atoms with Crippen molar-refractivity contribution < 1.29 is 39.5 Å². The Kier molecular flexibility index (Phi) is 20.8. The predicted octanol–water partition coefficient (Wildman–Crippen LogP) is 11.4. The molecule has 87 heavy (non-hydrogen) atoms. The van der Waals surface area contributed by atoms with Gasteiger partial charge in [-0.1, -0.05) is 78.7 Å². The summed E-state index contributed by atoms with van der Waals surface area (Å²) in [4.78, 5) is 20.7. The molecule has 0 saturated heterocycles. The fourth-order valence-electron chi connectivity index (χ4n) is 9.41. The lowest BCUT2D eigenvalue weighted by atomic mass is 10.0. The van der Waals surface area contributed by atoms with Gasteiger partial charge in [-0.25, -0.2) is 35.2 Å². The highest BCUT2D eigenvalue weighted by Crippen LogP contribution is 2.42. The van der Waals surface area contributed by atoms with Crippen LogP contribution in [-0.2, 0) is 53.1 Å². The Morgan fingerprint density at radius 2 is 1.07 bits per heavy atom. The number of hydrogen-bond acceptors (Lipinski definition) is 19. The minimum absolute atomic E-state index is 0.0534. The normalized spacial score (nSPS) is 14.5. The molecule has 5 aromatic heterocycles. The lowest BCUT2D eigenvalue weighted by Gasteiger charge is -2.27. The van der Waals surface area contributed by atoms with Crippen LogP contribution in [0.15, 0.2) is 125 Å². The summed E-state index contributed by atoms with van der Waals surface area (Å²) < 4.78 is 95.0. The van der Waals surface area contributed by atoms with Crippen LogP contribution in [0.2, 0.25) is 29.7 Å². The van der Waals surface area contributed by atoms with Gasteiger partial charge in [-0.15, -0.1) is 21.8 Å². The minimum Gasteiger partial charge on any atom is -0.481 e. The fourth-order valence-corrected chi connectivity index (χ4v) is 14.9. The number of aromatic nitrogens is 5. The van der Waals surface area contributed by atoms with Crippen LogP contribution in [0.3, 0.4) is 0 Å². The highest BCUT2D eigenvalue weighted by molar-refractivity contribution is 14.1. The third-order valence-electron chi connectivity index (χ3n) is 13.1. The van der Waals surface area contributed by atoms with Crippen molar-refractivity contribution in [3.05, 3.63) is 165 Å². The topological polar surface area (TPSA) is 296 Å². The van der Waals surface area contributed by atoms with E-state index in [4.69, 9.17) is 75.5 Å². The molecule has 0 amide bonds. The van der Waals surface area contributed by atoms with E-state index in [0.717, 1.165) is 24.3 Å². The number of methoxy groups -OCH3 is 3. The number of hydrogen-bond donors (Lipinski definition) is 2. The van der Waals surface area contributed by atoms with Crippen molar-refractivity contribution in [1.29, 1.82) is 15.8 Å². The number of benzene rings is 3. The van der Waals surface area contributed by atoms with Crippen LogP contribution in [0.5, 0.6) is 11.8 Å². The van der Waals surface area contributed by atoms with Crippen molar-refractivity contribution in [2.24, 2.45) is 0 Å². The lowest BCUT2D eigenvalue weighted by Crippen LogP contribution is -2.31. The van der Waals surface area contributed by atoms with E-state index in [0.29, 0.717) is 102 Å². The summed E-state index contributed by atoms with van der Waals surface area (Å²) in [5.41, 5.74) is 5.90. The molecule has 0 bridgehead atoms. The number of nitrogens with zero attached hydrogens (tertiary/aromatic N) is 10. The number of nitriles is 3. The van der Waals surface area contributed by atoms with Crippen molar-refractivity contribution in [2.45, 2.75) is 59.8 Å². The van der Waals surface area contributed by atoms with Gasteiger partial charge in [-0.3, -0.25) is 23.6 Å². The smallest absolute Gasteiger partial charge is 0.265 e. The van der Waals surface area contributed by atoms with E-state index in [1.54, 1.807) is 54.7 Å². The Bertz CT molecular complexity index is 4520. The molecule has 4 aliphatic heterocycles. The maximum absolute atomic E-state index is 13.5. The van der Waals surface area contributed by atoms with Gasteiger partial charge < -0.3 is 24.8 Å². The summed E-state index contributed by atoms with van der Waals surface area (Å²) in [6.07, 6.45) is 10.2. The number of ether oxygens (including phenoxy) is 3. The molecule has 0 fully saturated rings. The van der Waals surface area contributed by atoms with Crippen molar-refractivity contribution >= 4 is 146 Å². The molecule has 0 spiro atoms. The van der Waals surface area contributed by atoms with E-state index in [-0.39, 0.29) is 37.8 Å². The molecule has 21 nitrogen and oxygen atoms in total. The van der Waals surface area contributed by atoms with Gasteiger partial charge in [0.15, 0.2) is 6.23 Å². The first kappa shape index (κ1) is 65.8. The minimum atomic E-state index is -3.94. The third-order valence-corrected chi connectivity index (χ3v) is 19.1. The van der Waals surface area contributed by atoms with E-state index in [1.165, 1.54) is 79.1 Å². The fraction of sp³-hybridized carbons (Fsp3) is 0.228. The van der Waals surface area contributed by atoms with Crippen molar-refractivity contribution in [1.82, 2.24) is 30.2 Å². The molecule has 450 valence electrons. The zero-order valence-corrected chi connectivity index (χ0v) is 55.6. The van der Waals surface area contributed by atoms with Gasteiger partial charge in [0.1, 0.15) is 23.8 Å². The summed E-state index contributed by atoms with van der Waals surface area (Å²) in [6.45, 7) is 8.39. The number of pyridine rings is 5. The molecule has 0 radical (unpaired) electrons. The van der Waals surface area contributed by atoms with Crippen LogP contribution in [0.4, 0.5) is 17.1 Å². The van der Waals surface area contributed by atoms with Gasteiger partial charge in [0.2, 0.25) is 11.8 Å². The standard InChI is InChI=1S/C18H15ClN4O3S.C18H13ClN4O3S.C10H7Cl2NO3S.C8H7N3.C3H9ISi/c2*1-26-18-12-3-2-4-16(17(12)13(19)10-22-18)27(24,25)23-6-5-14-15(23)7-11(8-20)9-21-14;1-16-10-6-3-2-4-8(17(12,14)15)9(6)7(11)5-13-10;9-4-6-3-8-7(11-5-6)1-2-10-8;1-5(2,3)4/h2-4,7,9-10,18,22H,5-6H2,1H3;2-4,7,9-10H,5-6H2,1H3;2-5H,1H3;3,5,10H,1-2H2;1-3H3. The van der Waals surface area contributed by atoms with Crippen molar-refractivity contribution in [3.8, 4) is 30.0 Å². The highest BCUT2D eigenvalue weighted by atomic mass is 127. The summed E-state index contributed by atoms with van der Waals surface area (Å²) in [7, 11) is -1.93. The summed E-state index contributed by atoms with van der Waals surface area (Å²) in [5, 5.41) is 35.3. The average Bonchev–Trinajstić information content (AvgIpc) is 1.90. The zero-order valence-electron chi connectivity index (χ0n) is 47.0. The number of nitrogens with one attached hydrogen (secondary N) is 2. The molecule has 2 N–H and O–H groups in total. The molecule has 3 aromatic carbocycles. The quantitative estimate of drug-likeness (QED) is 0.0618. The molecule has 1 atom stereocenters. The number of halogens is 5. The van der Waals surface area contributed by atoms with E-state index in [1.807, 2.05) is 18.2 Å². The van der Waals surface area contributed by atoms with Crippen LogP contribution >= 0.6 is 67.3 Å². The molecule has 30 heteroatoms. The molecule has 9 heterocycles. The summed E-state index contributed by atoms with van der Waals surface area (Å²) >= 11 is 21.1. The second kappa shape index (κ2) is 27.5. The molecule has 1 unspecified atom stereocenters. The van der Waals surface area contributed by atoms with Crippen molar-refractivity contribution in [2.75, 3.05) is 54.9 Å². The average molecular weight is 1440 g/mol. The monoisotopic (exact) mass is 1440 g/mol. The molecular weight excluding hydrogens is 1390 g/mol. The van der Waals surface area contributed by atoms with Gasteiger partial charge in [-0.2, -0.15) is 15.8 Å². The van der Waals surface area contributed by atoms with Gasteiger partial charge in [-0.05, 0) is 48.5 Å². The second-order valence-electron chi connectivity index (χ2n) is 19.9. The number of fused-ring (bicyclic) bond motifs is 6. The zero-order chi connectivity index (χ0) is 63.2. The molecule has 0 aliphatic carbocycles. The van der Waals surface area contributed by atoms with E-state index < -0.39 is 40.9 Å². The molecular formula is C57H51Cl4IN12O9S3Si. The van der Waals surface area contributed by atoms with Crippen LogP contribution < -0.4 is 28.7 Å². The highest BCUT2D eigenvalue weighted by Gasteiger charge is 2.37. The first-order valence-corrected chi connectivity index (χ1v) is 38.8. The SMILES string of the molecule is COC1NC=C(Cl)c2c1cccc2S(=O)(=O)N1CCc2ncc(C#N)cc21.COc1ncc(Cl)c2c(S(=O)(=O)Cl)cccc12.COc1ncc(Cl)c2c(S(=O)(=O)N3CCc4ncc(C#N)cc43)cccc12.C[Si](C)(C)I.N#Cc1cnc2c(c1)NCC2. The molecule has 4 aliphatic rings. The Balaban J connectivity index is 0.000000153. The van der Waals surface area contributed by atoms with Gasteiger partial charge in [0.25, 0.3) is 29.1 Å². The third kappa shape index (κ3) is 14.6. The Hall–Kier alpha value is -7.14. The number of rotatable bonds is 8. The van der Waals surface area contributed by atoms with Gasteiger partial charge in [0.05, 0.1) is 107 Å². The van der Waals surface area contributed by atoms with E-state index in [2.05, 4.69) is 83.1 Å². The molecule has 8 aromatic rings. The summed E-state index contributed by atoms with van der Waals surface area (Å²) in [5.74, 6) is 0.591. The Morgan fingerprint density at radius 3 is 1.55 bits per heavy atom. The van der Waals surface area contributed by atoms with E-state index >= 15 is 0 Å². The van der Waals surface area contributed by atoms with Crippen LogP contribution in [0, 0.1) is 34.0 Å². The number of sulfonamides is 2. The van der Waals surface area contributed by atoms with Gasteiger partial charge >= 0.3 is 0 Å². The molecule has 12 rings (SSSR count). The van der Waals surface area contributed by atoms with Gasteiger partial charge in [0, 0.05) is 114 Å². The largest absolute Gasteiger partial charge is 0.481 e. The first-order chi connectivity index (χ1) is 41.3. The van der Waals surface area contributed by atoms with Crippen LogP contribution in [0.1, 0.15) is 51.1 Å². The molecule has 0 saturated carbocycles. The van der Waals surface area contributed by atoms with Crippen LogP contribution in [0.25, 0.3) is 26.6 Å². The van der Waals surface area contributed by atoms with Crippen LogP contribution in [-0.4, -0.2) is 96.7 Å². The Labute approximate surface area is 536 Å².